The van der Waals surface area contributed by atoms with Crippen LogP contribution in [0.15, 0.2) is 53.6 Å². The molecule has 0 aliphatic rings. The highest BCUT2D eigenvalue weighted by molar-refractivity contribution is 6.05. The second-order valence-electron chi connectivity index (χ2n) is 5.20. The van der Waals surface area contributed by atoms with E-state index in [1.165, 1.54) is 0 Å². The maximum absolute atomic E-state index is 12.3. The van der Waals surface area contributed by atoms with Crippen LogP contribution in [-0.2, 0) is 0 Å². The third-order valence-corrected chi connectivity index (χ3v) is 3.57. The molecule has 0 aliphatic heterocycles. The van der Waals surface area contributed by atoms with E-state index in [2.05, 4.69) is 30.5 Å². The lowest BCUT2D eigenvalue weighted by Crippen LogP contribution is -2.12. The lowest BCUT2D eigenvalue weighted by atomic mass is 10.2. The first-order valence-electron chi connectivity index (χ1n) is 7.18. The van der Waals surface area contributed by atoms with Crippen LogP contribution >= 0.6 is 0 Å². The molecule has 0 bridgehead atoms. The minimum atomic E-state index is -0.316. The first-order chi connectivity index (χ1) is 11.7. The zero-order chi connectivity index (χ0) is 16.5. The number of anilines is 1. The Hall–Kier alpha value is -3.68. The van der Waals surface area contributed by atoms with Crippen molar-refractivity contribution in [1.29, 1.82) is 0 Å². The molecule has 3 aromatic heterocycles. The number of carbonyl (C=O) groups excluding carboxylic acids is 1. The predicted octanol–water partition coefficient (Wildman–Crippen LogP) is 1.89. The predicted molar refractivity (Wildman–Crippen MR) is 88.7 cm³/mol. The van der Waals surface area contributed by atoms with Crippen LogP contribution in [0.4, 0.5) is 5.82 Å². The van der Waals surface area contributed by atoms with Crippen molar-refractivity contribution in [1.82, 2.24) is 25.1 Å². The maximum atomic E-state index is 12.3. The van der Waals surface area contributed by atoms with Crippen LogP contribution in [-0.4, -0.2) is 31.1 Å². The molecule has 3 heterocycles. The molecule has 24 heavy (non-hydrogen) atoms. The van der Waals surface area contributed by atoms with Crippen molar-refractivity contribution in [3.63, 3.8) is 0 Å². The standard InChI is InChI=1S/C16H12N6O2/c23-15(9-3-4-11-13(6-9)19-16(24)18-11)20-14-7-12(21-22-14)10-2-1-5-17-8-10/h1-8H,(H2,18,19,24)(H2,20,21,22,23). The van der Waals surface area contributed by atoms with Crippen molar-refractivity contribution in [3.05, 3.63) is 64.8 Å². The Balaban J connectivity index is 1.57. The van der Waals surface area contributed by atoms with E-state index in [4.69, 9.17) is 0 Å². The van der Waals surface area contributed by atoms with Gasteiger partial charge in [0.1, 0.15) is 0 Å². The zero-order valence-corrected chi connectivity index (χ0v) is 12.3. The molecular formula is C16H12N6O2. The summed E-state index contributed by atoms with van der Waals surface area (Å²) < 4.78 is 0. The molecular weight excluding hydrogens is 308 g/mol. The summed E-state index contributed by atoms with van der Waals surface area (Å²) >= 11 is 0. The number of fused-ring (bicyclic) bond motifs is 1. The first-order valence-corrected chi connectivity index (χ1v) is 7.18. The van der Waals surface area contributed by atoms with Crippen LogP contribution < -0.4 is 11.0 Å². The lowest BCUT2D eigenvalue weighted by Gasteiger charge is -2.01. The molecule has 8 nitrogen and oxygen atoms in total. The quantitative estimate of drug-likeness (QED) is 0.461. The number of imidazole rings is 1. The molecule has 4 N–H and O–H groups in total. The largest absolute Gasteiger partial charge is 0.323 e. The van der Waals surface area contributed by atoms with Gasteiger partial charge in [-0.15, -0.1) is 0 Å². The van der Waals surface area contributed by atoms with E-state index in [1.807, 2.05) is 12.1 Å². The number of hydrogen-bond donors (Lipinski definition) is 4. The number of amides is 1. The average Bonchev–Trinajstić information content (AvgIpc) is 3.20. The van der Waals surface area contributed by atoms with Crippen LogP contribution in [0.3, 0.4) is 0 Å². The number of aromatic nitrogens is 5. The average molecular weight is 320 g/mol. The summed E-state index contributed by atoms with van der Waals surface area (Å²) in [6.07, 6.45) is 3.39. The van der Waals surface area contributed by atoms with Gasteiger partial charge in [0.25, 0.3) is 5.91 Å². The van der Waals surface area contributed by atoms with Crippen molar-refractivity contribution in [2.75, 3.05) is 5.32 Å². The van der Waals surface area contributed by atoms with Gasteiger partial charge in [-0.2, -0.15) is 5.10 Å². The van der Waals surface area contributed by atoms with Crippen molar-refractivity contribution in [2.24, 2.45) is 0 Å². The zero-order valence-electron chi connectivity index (χ0n) is 12.3. The van der Waals surface area contributed by atoms with Crippen molar-refractivity contribution in [3.8, 4) is 11.3 Å². The highest BCUT2D eigenvalue weighted by Gasteiger charge is 2.11. The first kappa shape index (κ1) is 13.9. The van der Waals surface area contributed by atoms with E-state index in [0.717, 1.165) is 11.3 Å². The number of aromatic amines is 3. The third kappa shape index (κ3) is 2.56. The molecule has 0 radical (unpaired) electrons. The molecule has 0 spiro atoms. The summed E-state index contributed by atoms with van der Waals surface area (Å²) in [6.45, 7) is 0. The highest BCUT2D eigenvalue weighted by atomic mass is 16.2. The summed E-state index contributed by atoms with van der Waals surface area (Å²) in [5.41, 5.74) is 2.96. The molecule has 0 aliphatic carbocycles. The number of nitrogens with zero attached hydrogens (tertiary/aromatic N) is 2. The Morgan fingerprint density at radius 1 is 1.08 bits per heavy atom. The molecule has 1 amide bonds. The van der Waals surface area contributed by atoms with Crippen LogP contribution in [0, 0.1) is 0 Å². The molecule has 8 heteroatoms. The Bertz CT molecular complexity index is 1080. The molecule has 0 atom stereocenters. The van der Waals surface area contributed by atoms with E-state index >= 15 is 0 Å². The number of rotatable bonds is 3. The normalized spacial score (nSPS) is 10.8. The van der Waals surface area contributed by atoms with Crippen molar-refractivity contribution in [2.45, 2.75) is 0 Å². The lowest BCUT2D eigenvalue weighted by molar-refractivity contribution is 0.102. The molecule has 118 valence electrons. The molecule has 1 aromatic carbocycles. The van der Waals surface area contributed by atoms with Gasteiger partial charge in [0.2, 0.25) is 0 Å². The third-order valence-electron chi connectivity index (χ3n) is 3.57. The molecule has 4 rings (SSSR count). The van der Waals surface area contributed by atoms with E-state index in [1.54, 1.807) is 36.7 Å². The molecule has 0 unspecified atom stereocenters. The van der Waals surface area contributed by atoms with Gasteiger partial charge in [-0.1, -0.05) is 0 Å². The van der Waals surface area contributed by atoms with Crippen molar-refractivity contribution >= 4 is 22.8 Å². The second-order valence-corrected chi connectivity index (χ2v) is 5.20. The summed E-state index contributed by atoms with van der Waals surface area (Å²) in [5, 5.41) is 9.65. The van der Waals surface area contributed by atoms with Gasteiger partial charge in [0.15, 0.2) is 5.82 Å². The van der Waals surface area contributed by atoms with Gasteiger partial charge in [-0.3, -0.25) is 14.9 Å². The van der Waals surface area contributed by atoms with E-state index in [-0.39, 0.29) is 11.6 Å². The van der Waals surface area contributed by atoms with Gasteiger partial charge in [0, 0.05) is 29.6 Å². The fourth-order valence-electron chi connectivity index (χ4n) is 2.42. The maximum Gasteiger partial charge on any atom is 0.323 e. The Morgan fingerprint density at radius 3 is 2.79 bits per heavy atom. The summed E-state index contributed by atoms with van der Waals surface area (Å²) in [6, 6.07) is 10.4. The Kier molecular flexibility index (Phi) is 3.20. The smallest absolute Gasteiger partial charge is 0.306 e. The van der Waals surface area contributed by atoms with Crippen LogP contribution in [0.5, 0.6) is 0 Å². The van der Waals surface area contributed by atoms with Gasteiger partial charge >= 0.3 is 5.69 Å². The topological polar surface area (TPSA) is 119 Å². The number of benzene rings is 1. The fraction of sp³-hybridized carbons (Fsp3) is 0. The van der Waals surface area contributed by atoms with Crippen LogP contribution in [0.1, 0.15) is 10.4 Å². The molecule has 0 saturated carbocycles. The summed E-state index contributed by atoms with van der Waals surface area (Å²) in [4.78, 5) is 32.9. The van der Waals surface area contributed by atoms with E-state index < -0.39 is 0 Å². The number of hydrogen-bond acceptors (Lipinski definition) is 4. The van der Waals surface area contributed by atoms with Crippen molar-refractivity contribution < 1.29 is 4.79 Å². The monoisotopic (exact) mass is 320 g/mol. The molecule has 0 saturated heterocycles. The minimum Gasteiger partial charge on any atom is -0.306 e. The van der Waals surface area contributed by atoms with E-state index in [0.29, 0.717) is 22.4 Å². The van der Waals surface area contributed by atoms with Gasteiger partial charge < -0.3 is 15.3 Å². The number of carbonyl (C=O) groups is 1. The number of pyridine rings is 1. The Morgan fingerprint density at radius 2 is 1.96 bits per heavy atom. The van der Waals surface area contributed by atoms with Crippen LogP contribution in [0.2, 0.25) is 0 Å². The molecule has 0 fully saturated rings. The SMILES string of the molecule is O=C(Nc1cc(-c2cccnc2)[nH]n1)c1ccc2[nH]c(=O)[nH]c2c1. The Labute approximate surface area is 135 Å². The fourth-order valence-corrected chi connectivity index (χ4v) is 2.42. The minimum absolute atomic E-state index is 0.309. The number of nitrogens with one attached hydrogen (secondary N) is 4. The molecule has 4 aromatic rings. The van der Waals surface area contributed by atoms with Gasteiger partial charge in [0.05, 0.1) is 16.7 Å². The summed E-state index contributed by atoms with van der Waals surface area (Å²) in [5.74, 6) is 0.0877. The van der Waals surface area contributed by atoms with E-state index in [9.17, 15) is 9.59 Å². The second kappa shape index (κ2) is 5.51. The van der Waals surface area contributed by atoms with Gasteiger partial charge in [-0.05, 0) is 30.3 Å². The van der Waals surface area contributed by atoms with Gasteiger partial charge in [-0.25, -0.2) is 4.79 Å². The highest BCUT2D eigenvalue weighted by Crippen LogP contribution is 2.19. The van der Waals surface area contributed by atoms with Crippen LogP contribution in [0.25, 0.3) is 22.3 Å². The number of H-pyrrole nitrogens is 3. The summed E-state index contributed by atoms with van der Waals surface area (Å²) in [7, 11) is 0.